The summed E-state index contributed by atoms with van der Waals surface area (Å²) in [5.74, 6) is 0.284. The van der Waals surface area contributed by atoms with Crippen LogP contribution in [-0.4, -0.2) is 13.1 Å². The molecule has 2 aliphatic rings. The Kier molecular flexibility index (Phi) is 3.04. The van der Waals surface area contributed by atoms with E-state index in [-0.39, 0.29) is 5.88 Å². The van der Waals surface area contributed by atoms with Crippen LogP contribution in [0.15, 0.2) is 54.4 Å². The van der Waals surface area contributed by atoms with Gasteiger partial charge in [0.15, 0.2) is 0 Å². The SMILES string of the molecule is [O-]C(=C1c2ccccc2-c2ccccc21)[NH+]1CCCCC1. The van der Waals surface area contributed by atoms with E-state index in [1.165, 1.54) is 17.5 Å². The number of benzene rings is 2. The number of hydrogen-bond acceptors (Lipinski definition) is 1. The van der Waals surface area contributed by atoms with Crippen molar-refractivity contribution >= 4 is 5.57 Å². The van der Waals surface area contributed by atoms with Crippen molar-refractivity contribution in [3.63, 3.8) is 0 Å². The van der Waals surface area contributed by atoms with Crippen LogP contribution >= 0.6 is 0 Å². The largest absolute Gasteiger partial charge is 0.830 e. The lowest BCUT2D eigenvalue weighted by Crippen LogP contribution is -3.12. The molecule has 2 aromatic carbocycles. The summed E-state index contributed by atoms with van der Waals surface area (Å²) in [6.07, 6.45) is 3.59. The van der Waals surface area contributed by atoms with Gasteiger partial charge >= 0.3 is 0 Å². The van der Waals surface area contributed by atoms with Gasteiger partial charge in [-0.3, -0.25) is 0 Å². The van der Waals surface area contributed by atoms with Crippen molar-refractivity contribution in [3.8, 4) is 11.1 Å². The van der Waals surface area contributed by atoms with Crippen LogP contribution in [0.4, 0.5) is 0 Å². The lowest BCUT2D eigenvalue weighted by molar-refractivity contribution is -0.913. The van der Waals surface area contributed by atoms with Crippen molar-refractivity contribution in [3.05, 3.63) is 65.5 Å². The molecule has 0 radical (unpaired) electrons. The fourth-order valence-corrected chi connectivity index (χ4v) is 3.64. The van der Waals surface area contributed by atoms with Gasteiger partial charge in [0.2, 0.25) is 0 Å². The van der Waals surface area contributed by atoms with Crippen LogP contribution in [0.3, 0.4) is 0 Å². The molecule has 4 rings (SSSR count). The first kappa shape index (κ1) is 12.7. The summed E-state index contributed by atoms with van der Waals surface area (Å²) in [5, 5.41) is 13.1. The zero-order chi connectivity index (χ0) is 14.2. The number of nitrogens with one attached hydrogen (secondary N) is 1. The molecule has 2 nitrogen and oxygen atoms in total. The molecule has 0 amide bonds. The van der Waals surface area contributed by atoms with Crippen molar-refractivity contribution < 1.29 is 10.0 Å². The van der Waals surface area contributed by atoms with E-state index in [2.05, 4.69) is 36.4 Å². The Bertz CT molecular complexity index is 664. The summed E-state index contributed by atoms with van der Waals surface area (Å²) in [6, 6.07) is 16.6. The molecule has 1 heterocycles. The van der Waals surface area contributed by atoms with E-state index in [0.29, 0.717) is 0 Å². The highest BCUT2D eigenvalue weighted by Gasteiger charge is 2.27. The van der Waals surface area contributed by atoms with Crippen LogP contribution in [0, 0.1) is 0 Å². The van der Waals surface area contributed by atoms with Crippen LogP contribution in [0.5, 0.6) is 0 Å². The minimum Gasteiger partial charge on any atom is -0.830 e. The Morgan fingerprint density at radius 1 is 0.714 bits per heavy atom. The van der Waals surface area contributed by atoms with E-state index in [4.69, 9.17) is 0 Å². The first-order valence-corrected chi connectivity index (χ1v) is 7.82. The van der Waals surface area contributed by atoms with Gasteiger partial charge in [0.05, 0.1) is 19.0 Å². The average Bonchev–Trinajstić information content (AvgIpc) is 2.90. The Morgan fingerprint density at radius 3 is 1.71 bits per heavy atom. The van der Waals surface area contributed by atoms with E-state index in [9.17, 15) is 5.11 Å². The second-order valence-corrected chi connectivity index (χ2v) is 5.96. The van der Waals surface area contributed by atoms with Gasteiger partial charge in [0, 0.05) is 5.57 Å². The van der Waals surface area contributed by atoms with Crippen molar-refractivity contribution in [2.45, 2.75) is 19.3 Å². The highest BCUT2D eigenvalue weighted by atomic mass is 16.3. The highest BCUT2D eigenvalue weighted by Crippen LogP contribution is 2.43. The summed E-state index contributed by atoms with van der Waals surface area (Å²) in [6.45, 7) is 1.96. The van der Waals surface area contributed by atoms with Crippen molar-refractivity contribution in [1.82, 2.24) is 0 Å². The normalized spacial score (nSPS) is 17.4. The summed E-state index contributed by atoms with van der Waals surface area (Å²) in [7, 11) is 0. The van der Waals surface area contributed by atoms with E-state index in [0.717, 1.165) is 47.5 Å². The van der Waals surface area contributed by atoms with Crippen molar-refractivity contribution in [1.29, 1.82) is 0 Å². The topological polar surface area (TPSA) is 27.5 Å². The van der Waals surface area contributed by atoms with Gasteiger partial charge in [-0.15, -0.1) is 0 Å². The molecule has 0 bridgehead atoms. The number of fused-ring (bicyclic) bond motifs is 3. The molecule has 0 saturated carbocycles. The van der Waals surface area contributed by atoms with Crippen LogP contribution in [0.1, 0.15) is 30.4 Å². The molecule has 106 valence electrons. The fourth-order valence-electron chi connectivity index (χ4n) is 3.64. The molecule has 0 spiro atoms. The standard InChI is InChI=1S/C19H19NO/c21-19(20-12-6-1-7-13-20)18-16-10-4-2-8-14(16)15-9-3-5-11-17(15)18/h2-5,8-11,21H,1,6-7,12-13H2. The molecule has 1 N–H and O–H groups in total. The van der Waals surface area contributed by atoms with Gasteiger partial charge in [-0.05, 0) is 41.5 Å². The van der Waals surface area contributed by atoms with E-state index in [1.54, 1.807) is 0 Å². The van der Waals surface area contributed by atoms with Crippen LogP contribution < -0.4 is 10.0 Å². The van der Waals surface area contributed by atoms with Gasteiger partial charge in [-0.1, -0.05) is 48.5 Å². The summed E-state index contributed by atoms with van der Waals surface area (Å²) in [5.41, 5.74) is 5.56. The predicted molar refractivity (Wildman–Crippen MR) is 82.4 cm³/mol. The van der Waals surface area contributed by atoms with Crippen LogP contribution in [-0.2, 0) is 0 Å². The number of quaternary nitrogens is 1. The van der Waals surface area contributed by atoms with E-state index in [1.807, 2.05) is 12.1 Å². The van der Waals surface area contributed by atoms with Gasteiger partial charge in [0.25, 0.3) is 0 Å². The highest BCUT2D eigenvalue weighted by molar-refractivity contribution is 6.01. The Morgan fingerprint density at radius 2 is 1.19 bits per heavy atom. The van der Waals surface area contributed by atoms with Crippen molar-refractivity contribution in [2.24, 2.45) is 0 Å². The molecule has 0 aromatic heterocycles. The third-order valence-corrected chi connectivity index (χ3v) is 4.69. The lowest BCUT2D eigenvalue weighted by Gasteiger charge is -2.30. The molecule has 1 fully saturated rings. The second-order valence-electron chi connectivity index (χ2n) is 5.96. The number of likely N-dealkylation sites (tertiary alicyclic amines) is 1. The molecule has 1 aliphatic carbocycles. The van der Waals surface area contributed by atoms with Gasteiger partial charge in [-0.2, -0.15) is 0 Å². The molecule has 1 aliphatic heterocycles. The van der Waals surface area contributed by atoms with Gasteiger partial charge < -0.3 is 10.0 Å². The first-order valence-electron chi connectivity index (χ1n) is 7.82. The Balaban J connectivity index is 1.92. The Labute approximate surface area is 125 Å². The average molecular weight is 277 g/mol. The molecular weight excluding hydrogens is 258 g/mol. The maximum Gasteiger partial charge on any atom is 0.0808 e. The van der Waals surface area contributed by atoms with Gasteiger partial charge in [0.1, 0.15) is 0 Å². The first-order chi connectivity index (χ1) is 10.4. The van der Waals surface area contributed by atoms with E-state index >= 15 is 0 Å². The maximum absolute atomic E-state index is 13.1. The maximum atomic E-state index is 13.1. The van der Waals surface area contributed by atoms with Crippen molar-refractivity contribution in [2.75, 3.05) is 13.1 Å². The van der Waals surface area contributed by atoms with E-state index < -0.39 is 0 Å². The van der Waals surface area contributed by atoms with Crippen LogP contribution in [0.2, 0.25) is 0 Å². The predicted octanol–water partition coefficient (Wildman–Crippen LogP) is 1.81. The zero-order valence-corrected chi connectivity index (χ0v) is 12.1. The number of hydrogen-bond donors (Lipinski definition) is 1. The summed E-state index contributed by atoms with van der Waals surface area (Å²) in [4.78, 5) is 1.13. The minimum atomic E-state index is 0.284. The molecule has 1 saturated heterocycles. The smallest absolute Gasteiger partial charge is 0.0808 e. The minimum absolute atomic E-state index is 0.284. The number of rotatable bonds is 1. The molecule has 21 heavy (non-hydrogen) atoms. The molecule has 0 atom stereocenters. The quantitative estimate of drug-likeness (QED) is 0.675. The monoisotopic (exact) mass is 277 g/mol. The zero-order valence-electron chi connectivity index (χ0n) is 12.1. The Hall–Kier alpha value is -2.06. The molecule has 2 heteroatoms. The summed E-state index contributed by atoms with van der Waals surface area (Å²) < 4.78 is 0. The molecular formula is C19H19NO. The lowest BCUT2D eigenvalue weighted by atomic mass is 10.0. The third-order valence-electron chi connectivity index (χ3n) is 4.69. The summed E-state index contributed by atoms with van der Waals surface area (Å²) >= 11 is 0. The fraction of sp³-hybridized carbons (Fsp3) is 0.263. The molecule has 0 unspecified atom stereocenters. The number of piperidine rings is 1. The third kappa shape index (κ3) is 1.98. The van der Waals surface area contributed by atoms with Gasteiger partial charge in [-0.25, -0.2) is 0 Å². The molecule has 2 aromatic rings. The van der Waals surface area contributed by atoms with Crippen LogP contribution in [0.25, 0.3) is 16.7 Å². The second kappa shape index (κ2) is 5.05.